The molecule has 1 N–H and O–H groups in total. The zero-order valence-electron chi connectivity index (χ0n) is 11.7. The Hall–Kier alpha value is -0.0800. The number of hydrogen-bond donors (Lipinski definition) is 1. The van der Waals surface area contributed by atoms with Crippen LogP contribution in [0.2, 0.25) is 0 Å². The molecule has 0 atom stereocenters. The summed E-state index contributed by atoms with van der Waals surface area (Å²) >= 11 is 0. The van der Waals surface area contributed by atoms with Crippen LogP contribution in [-0.4, -0.2) is 36.6 Å². The fraction of sp³-hybridized carbons (Fsp3) is 1.00. The molecule has 0 unspecified atom stereocenters. The van der Waals surface area contributed by atoms with Gasteiger partial charge in [0.25, 0.3) is 0 Å². The molecule has 4 aliphatic rings. The number of rotatable bonds is 3. The molecule has 2 heteroatoms. The first-order valence-corrected chi connectivity index (χ1v) is 8.28. The molecule has 4 fully saturated rings. The van der Waals surface area contributed by atoms with Gasteiger partial charge in [0.2, 0.25) is 0 Å². The second-order valence-corrected chi connectivity index (χ2v) is 7.62. The number of hydrogen-bond acceptors (Lipinski definition) is 2. The van der Waals surface area contributed by atoms with Crippen LogP contribution in [-0.2, 0) is 0 Å². The van der Waals surface area contributed by atoms with Crippen LogP contribution in [0.25, 0.3) is 0 Å². The topological polar surface area (TPSA) is 15.3 Å². The molecule has 3 saturated carbocycles. The lowest BCUT2D eigenvalue weighted by atomic mass is 9.95. The average Bonchev–Trinajstić information content (AvgIpc) is 3.22. The van der Waals surface area contributed by atoms with E-state index in [9.17, 15) is 0 Å². The molecule has 0 amide bonds. The Morgan fingerprint density at radius 1 is 1.00 bits per heavy atom. The van der Waals surface area contributed by atoms with Gasteiger partial charge in [0.1, 0.15) is 0 Å². The molecule has 1 saturated heterocycles. The van der Waals surface area contributed by atoms with Crippen molar-refractivity contribution in [2.24, 2.45) is 11.3 Å². The van der Waals surface area contributed by atoms with Gasteiger partial charge in [-0.3, -0.25) is 0 Å². The first-order valence-electron chi connectivity index (χ1n) is 8.28. The van der Waals surface area contributed by atoms with Crippen molar-refractivity contribution in [2.45, 2.75) is 63.3 Å². The highest BCUT2D eigenvalue weighted by atomic mass is 15.2. The van der Waals surface area contributed by atoms with E-state index < -0.39 is 0 Å². The summed E-state index contributed by atoms with van der Waals surface area (Å²) < 4.78 is 0. The Morgan fingerprint density at radius 2 is 1.78 bits per heavy atom. The van der Waals surface area contributed by atoms with Gasteiger partial charge in [-0.2, -0.15) is 0 Å². The van der Waals surface area contributed by atoms with Gasteiger partial charge in [-0.25, -0.2) is 0 Å². The summed E-state index contributed by atoms with van der Waals surface area (Å²) in [6.07, 6.45) is 13.3. The molecule has 0 radical (unpaired) electrons. The van der Waals surface area contributed by atoms with Crippen molar-refractivity contribution in [3.8, 4) is 0 Å². The monoisotopic (exact) mass is 248 g/mol. The molecule has 0 aromatic heterocycles. The fourth-order valence-corrected chi connectivity index (χ4v) is 4.74. The van der Waals surface area contributed by atoms with Crippen molar-refractivity contribution in [2.75, 3.05) is 26.2 Å². The predicted octanol–water partition coefficient (Wildman–Crippen LogP) is 2.78. The van der Waals surface area contributed by atoms with Gasteiger partial charge in [-0.05, 0) is 69.4 Å². The van der Waals surface area contributed by atoms with Crippen molar-refractivity contribution >= 4 is 0 Å². The lowest BCUT2D eigenvalue weighted by Crippen LogP contribution is -2.50. The zero-order valence-corrected chi connectivity index (χ0v) is 11.7. The molecule has 0 aromatic carbocycles. The molecule has 0 aromatic rings. The zero-order chi connectivity index (χ0) is 12.1. The third-order valence-corrected chi connectivity index (χ3v) is 6.11. The maximum atomic E-state index is 3.90. The van der Waals surface area contributed by atoms with E-state index >= 15 is 0 Å². The van der Waals surface area contributed by atoms with E-state index in [0.717, 1.165) is 11.3 Å². The SMILES string of the molecule is C1CNC2(CCCC2)CN(CC2(C3CC3)CC2)C1. The van der Waals surface area contributed by atoms with Gasteiger partial charge in [-0.1, -0.05) is 12.8 Å². The third kappa shape index (κ3) is 2.12. The van der Waals surface area contributed by atoms with Crippen LogP contribution in [0.15, 0.2) is 0 Å². The molecule has 2 nitrogen and oxygen atoms in total. The van der Waals surface area contributed by atoms with Gasteiger partial charge in [0.15, 0.2) is 0 Å². The Labute approximate surface area is 111 Å². The molecule has 102 valence electrons. The molecule has 1 spiro atoms. The Kier molecular flexibility index (Phi) is 2.74. The first kappa shape index (κ1) is 11.7. The summed E-state index contributed by atoms with van der Waals surface area (Å²) in [6, 6.07) is 0. The second-order valence-electron chi connectivity index (χ2n) is 7.62. The predicted molar refractivity (Wildman–Crippen MR) is 74.6 cm³/mol. The summed E-state index contributed by atoms with van der Waals surface area (Å²) in [5.41, 5.74) is 1.31. The average molecular weight is 248 g/mol. The van der Waals surface area contributed by atoms with Crippen LogP contribution in [0, 0.1) is 11.3 Å². The van der Waals surface area contributed by atoms with Gasteiger partial charge >= 0.3 is 0 Å². The summed E-state index contributed by atoms with van der Waals surface area (Å²) in [5.74, 6) is 1.12. The van der Waals surface area contributed by atoms with E-state index in [4.69, 9.17) is 0 Å². The van der Waals surface area contributed by atoms with Crippen molar-refractivity contribution in [1.82, 2.24) is 10.2 Å². The smallest absolute Gasteiger partial charge is 0.0308 e. The molecule has 1 aliphatic heterocycles. The van der Waals surface area contributed by atoms with E-state index in [-0.39, 0.29) is 0 Å². The maximum Gasteiger partial charge on any atom is 0.0308 e. The molecular formula is C16H28N2. The van der Waals surface area contributed by atoms with Crippen LogP contribution >= 0.6 is 0 Å². The molecule has 3 aliphatic carbocycles. The first-order chi connectivity index (χ1) is 8.80. The van der Waals surface area contributed by atoms with E-state index in [1.54, 1.807) is 0 Å². The van der Waals surface area contributed by atoms with E-state index in [1.807, 2.05) is 0 Å². The summed E-state index contributed by atoms with van der Waals surface area (Å²) in [7, 11) is 0. The highest BCUT2D eigenvalue weighted by Gasteiger charge is 2.54. The molecule has 1 heterocycles. The highest BCUT2D eigenvalue weighted by Crippen LogP contribution is 2.61. The van der Waals surface area contributed by atoms with Crippen molar-refractivity contribution in [1.29, 1.82) is 0 Å². The van der Waals surface area contributed by atoms with Gasteiger partial charge in [-0.15, -0.1) is 0 Å². The maximum absolute atomic E-state index is 3.90. The normalized spacial score (nSPS) is 34.7. The minimum atomic E-state index is 0.510. The minimum Gasteiger partial charge on any atom is -0.310 e. The van der Waals surface area contributed by atoms with Crippen molar-refractivity contribution in [3.63, 3.8) is 0 Å². The minimum absolute atomic E-state index is 0.510. The summed E-state index contributed by atoms with van der Waals surface area (Å²) in [4.78, 5) is 2.84. The lowest BCUT2D eigenvalue weighted by molar-refractivity contribution is 0.167. The number of nitrogens with zero attached hydrogens (tertiary/aromatic N) is 1. The van der Waals surface area contributed by atoms with Crippen LogP contribution in [0.1, 0.15) is 57.8 Å². The van der Waals surface area contributed by atoms with Crippen LogP contribution in [0.5, 0.6) is 0 Å². The Balaban J connectivity index is 1.43. The van der Waals surface area contributed by atoms with E-state index in [2.05, 4.69) is 10.2 Å². The van der Waals surface area contributed by atoms with Crippen LogP contribution in [0.4, 0.5) is 0 Å². The van der Waals surface area contributed by atoms with Crippen LogP contribution in [0.3, 0.4) is 0 Å². The van der Waals surface area contributed by atoms with E-state index in [0.29, 0.717) is 5.54 Å². The molecule has 0 bridgehead atoms. The summed E-state index contributed by atoms with van der Waals surface area (Å²) in [6.45, 7) is 5.39. The van der Waals surface area contributed by atoms with Crippen LogP contribution < -0.4 is 5.32 Å². The Morgan fingerprint density at radius 3 is 2.44 bits per heavy atom. The standard InChI is InChI=1S/C16H28N2/c1-2-7-16(6-1)13-18(11-3-10-17-16)12-15(8-9-15)14-4-5-14/h14,17H,1-13H2. The summed E-state index contributed by atoms with van der Waals surface area (Å²) in [5, 5.41) is 3.90. The quantitative estimate of drug-likeness (QED) is 0.826. The van der Waals surface area contributed by atoms with Crippen molar-refractivity contribution in [3.05, 3.63) is 0 Å². The van der Waals surface area contributed by atoms with Crippen molar-refractivity contribution < 1.29 is 0 Å². The van der Waals surface area contributed by atoms with E-state index in [1.165, 1.54) is 84.0 Å². The molecule has 4 rings (SSSR count). The fourth-order valence-electron chi connectivity index (χ4n) is 4.74. The third-order valence-electron chi connectivity index (χ3n) is 6.11. The van der Waals surface area contributed by atoms with Gasteiger partial charge in [0.05, 0.1) is 0 Å². The number of nitrogens with one attached hydrogen (secondary N) is 1. The molecular weight excluding hydrogens is 220 g/mol. The second kappa shape index (κ2) is 4.21. The highest BCUT2D eigenvalue weighted by molar-refractivity contribution is 5.07. The van der Waals surface area contributed by atoms with Gasteiger partial charge < -0.3 is 10.2 Å². The van der Waals surface area contributed by atoms with Gasteiger partial charge in [0, 0.05) is 18.6 Å². The molecule has 18 heavy (non-hydrogen) atoms. The Bertz CT molecular complexity index is 311. The lowest BCUT2D eigenvalue weighted by Gasteiger charge is -2.35. The largest absolute Gasteiger partial charge is 0.310 e.